The standard InChI is InChI=1S/C25H36N2O3/c1-24(2,3)27(16-18-12-8-6-9-13-18)22(21(26)19-14-10-7-11-15-19)23(28)20-17-29-25(4,5)30-20/h6-15,20-23,28H,16-17,26H2,1-5H3/t20-,21-,22+,23-/m1/s1. The Balaban J connectivity index is 1.99. The van der Waals surface area contributed by atoms with E-state index in [9.17, 15) is 5.11 Å². The Morgan fingerprint density at radius 2 is 1.63 bits per heavy atom. The van der Waals surface area contributed by atoms with Crippen molar-refractivity contribution in [3.8, 4) is 0 Å². The van der Waals surface area contributed by atoms with Crippen LogP contribution in [-0.4, -0.2) is 46.2 Å². The average molecular weight is 413 g/mol. The van der Waals surface area contributed by atoms with Gasteiger partial charge >= 0.3 is 0 Å². The smallest absolute Gasteiger partial charge is 0.163 e. The first kappa shape index (κ1) is 22.9. The van der Waals surface area contributed by atoms with Crippen LogP contribution in [0.25, 0.3) is 0 Å². The molecule has 2 aromatic carbocycles. The van der Waals surface area contributed by atoms with Crippen molar-refractivity contribution in [1.29, 1.82) is 0 Å². The Hall–Kier alpha value is -1.76. The molecular weight excluding hydrogens is 376 g/mol. The molecule has 0 saturated carbocycles. The van der Waals surface area contributed by atoms with Gasteiger partial charge in [-0.1, -0.05) is 60.7 Å². The first-order chi connectivity index (χ1) is 14.1. The maximum atomic E-state index is 11.6. The summed E-state index contributed by atoms with van der Waals surface area (Å²) in [4.78, 5) is 2.29. The zero-order chi connectivity index (χ0) is 21.9. The van der Waals surface area contributed by atoms with E-state index in [0.29, 0.717) is 13.2 Å². The Morgan fingerprint density at radius 3 is 2.13 bits per heavy atom. The molecule has 0 bridgehead atoms. The lowest BCUT2D eigenvalue weighted by atomic mass is 9.88. The molecule has 0 aromatic heterocycles. The molecule has 5 nitrogen and oxygen atoms in total. The SMILES string of the molecule is CC1(C)OC[C@H]([C@@H](O)[C@H]([C@H](N)c2ccccc2)N(Cc2ccccc2)C(C)(C)C)O1. The van der Waals surface area contributed by atoms with Crippen molar-refractivity contribution >= 4 is 0 Å². The summed E-state index contributed by atoms with van der Waals surface area (Å²) in [6.45, 7) is 11.2. The minimum Gasteiger partial charge on any atom is -0.389 e. The van der Waals surface area contributed by atoms with Crippen molar-refractivity contribution in [2.75, 3.05) is 6.61 Å². The van der Waals surface area contributed by atoms with Gasteiger partial charge in [0.25, 0.3) is 0 Å². The number of hydrogen-bond donors (Lipinski definition) is 2. The van der Waals surface area contributed by atoms with Crippen LogP contribution >= 0.6 is 0 Å². The summed E-state index contributed by atoms with van der Waals surface area (Å²) in [5, 5.41) is 11.6. The zero-order valence-electron chi connectivity index (χ0n) is 18.8. The number of ether oxygens (including phenoxy) is 2. The van der Waals surface area contributed by atoms with Crippen LogP contribution in [0.15, 0.2) is 60.7 Å². The quantitative estimate of drug-likeness (QED) is 0.723. The second kappa shape index (κ2) is 9.16. The number of aliphatic hydroxyl groups is 1. The van der Waals surface area contributed by atoms with Gasteiger partial charge < -0.3 is 20.3 Å². The zero-order valence-corrected chi connectivity index (χ0v) is 18.8. The summed E-state index contributed by atoms with van der Waals surface area (Å²) < 4.78 is 11.8. The van der Waals surface area contributed by atoms with Crippen molar-refractivity contribution in [3.05, 3.63) is 71.8 Å². The summed E-state index contributed by atoms with van der Waals surface area (Å²) in [5.74, 6) is -0.709. The predicted octanol–water partition coefficient (Wildman–Crippen LogP) is 3.87. The average Bonchev–Trinajstić information content (AvgIpc) is 3.07. The molecule has 0 unspecified atom stereocenters. The summed E-state index contributed by atoms with van der Waals surface area (Å²) in [7, 11) is 0. The summed E-state index contributed by atoms with van der Waals surface area (Å²) >= 11 is 0. The second-order valence-corrected chi connectivity index (χ2v) is 9.57. The van der Waals surface area contributed by atoms with Gasteiger partial charge in [0.05, 0.1) is 18.8 Å². The van der Waals surface area contributed by atoms with Gasteiger partial charge in [-0.2, -0.15) is 0 Å². The van der Waals surface area contributed by atoms with E-state index in [4.69, 9.17) is 15.2 Å². The lowest BCUT2D eigenvalue weighted by Gasteiger charge is -2.47. The molecule has 3 N–H and O–H groups in total. The number of nitrogens with zero attached hydrogens (tertiary/aromatic N) is 1. The molecule has 0 amide bonds. The molecular formula is C25H36N2O3. The van der Waals surface area contributed by atoms with Crippen LogP contribution in [0.4, 0.5) is 0 Å². The largest absolute Gasteiger partial charge is 0.389 e. The maximum Gasteiger partial charge on any atom is 0.163 e. The van der Waals surface area contributed by atoms with Gasteiger partial charge in [-0.15, -0.1) is 0 Å². The lowest BCUT2D eigenvalue weighted by molar-refractivity contribution is -0.161. The molecule has 4 atom stereocenters. The van der Waals surface area contributed by atoms with E-state index >= 15 is 0 Å². The van der Waals surface area contributed by atoms with Crippen LogP contribution < -0.4 is 5.73 Å². The van der Waals surface area contributed by atoms with E-state index in [2.05, 4.69) is 37.8 Å². The van der Waals surface area contributed by atoms with Crippen LogP contribution in [0.3, 0.4) is 0 Å². The third-order valence-corrected chi connectivity index (χ3v) is 5.73. The van der Waals surface area contributed by atoms with E-state index in [-0.39, 0.29) is 11.6 Å². The third-order valence-electron chi connectivity index (χ3n) is 5.73. The van der Waals surface area contributed by atoms with Gasteiger partial charge in [0.2, 0.25) is 0 Å². The number of rotatable bonds is 7. The Labute approximate surface area is 180 Å². The molecule has 1 heterocycles. The van der Waals surface area contributed by atoms with Crippen molar-refractivity contribution < 1.29 is 14.6 Å². The number of nitrogens with two attached hydrogens (primary N) is 1. The Kier molecular flexibility index (Phi) is 7.00. The van der Waals surface area contributed by atoms with E-state index in [1.165, 1.54) is 5.56 Å². The molecule has 0 radical (unpaired) electrons. The van der Waals surface area contributed by atoms with E-state index in [1.807, 2.05) is 62.4 Å². The highest BCUT2D eigenvalue weighted by Crippen LogP contribution is 2.34. The van der Waals surface area contributed by atoms with Gasteiger partial charge in [0.15, 0.2) is 5.79 Å². The minimum atomic E-state index is -0.815. The monoisotopic (exact) mass is 412 g/mol. The van der Waals surface area contributed by atoms with E-state index in [1.54, 1.807) is 0 Å². The molecule has 1 aliphatic rings. The van der Waals surface area contributed by atoms with Crippen molar-refractivity contribution in [2.24, 2.45) is 5.73 Å². The highest BCUT2D eigenvalue weighted by molar-refractivity contribution is 5.22. The number of benzene rings is 2. The number of aliphatic hydroxyl groups excluding tert-OH is 1. The van der Waals surface area contributed by atoms with Gasteiger partial charge in [0, 0.05) is 18.1 Å². The fourth-order valence-electron chi connectivity index (χ4n) is 4.14. The molecule has 5 heteroatoms. The molecule has 164 valence electrons. The molecule has 0 spiro atoms. The Morgan fingerprint density at radius 1 is 1.07 bits per heavy atom. The van der Waals surface area contributed by atoms with Crippen LogP contribution in [0.5, 0.6) is 0 Å². The van der Waals surface area contributed by atoms with E-state index < -0.39 is 24.0 Å². The first-order valence-electron chi connectivity index (χ1n) is 10.7. The van der Waals surface area contributed by atoms with E-state index in [0.717, 1.165) is 5.56 Å². The van der Waals surface area contributed by atoms with Gasteiger partial charge in [-0.25, -0.2) is 0 Å². The molecule has 2 aromatic rings. The third kappa shape index (κ3) is 5.48. The fourth-order valence-corrected chi connectivity index (χ4v) is 4.14. The highest BCUT2D eigenvalue weighted by Gasteiger charge is 2.45. The van der Waals surface area contributed by atoms with Gasteiger partial charge in [0.1, 0.15) is 6.10 Å². The minimum absolute atomic E-state index is 0.233. The maximum absolute atomic E-state index is 11.6. The summed E-state index contributed by atoms with van der Waals surface area (Å²) in [6.07, 6.45) is -1.26. The molecule has 1 saturated heterocycles. The van der Waals surface area contributed by atoms with Gasteiger partial charge in [-0.05, 0) is 45.7 Å². The second-order valence-electron chi connectivity index (χ2n) is 9.57. The summed E-state index contributed by atoms with van der Waals surface area (Å²) in [6, 6.07) is 19.5. The summed E-state index contributed by atoms with van der Waals surface area (Å²) in [5.41, 5.74) is 8.76. The van der Waals surface area contributed by atoms with Crippen LogP contribution in [-0.2, 0) is 16.0 Å². The van der Waals surface area contributed by atoms with Gasteiger partial charge in [-0.3, -0.25) is 4.90 Å². The highest BCUT2D eigenvalue weighted by atomic mass is 16.7. The molecule has 1 fully saturated rings. The first-order valence-corrected chi connectivity index (χ1v) is 10.7. The fraction of sp³-hybridized carbons (Fsp3) is 0.520. The predicted molar refractivity (Wildman–Crippen MR) is 120 cm³/mol. The topological polar surface area (TPSA) is 68.0 Å². The molecule has 3 rings (SSSR count). The lowest BCUT2D eigenvalue weighted by Crippen LogP contribution is -2.59. The van der Waals surface area contributed by atoms with Crippen LogP contribution in [0, 0.1) is 0 Å². The Bertz CT molecular complexity index is 789. The van der Waals surface area contributed by atoms with Crippen molar-refractivity contribution in [3.63, 3.8) is 0 Å². The molecule has 1 aliphatic heterocycles. The van der Waals surface area contributed by atoms with Crippen molar-refractivity contribution in [1.82, 2.24) is 4.90 Å². The van der Waals surface area contributed by atoms with Crippen molar-refractivity contribution in [2.45, 2.75) is 76.8 Å². The number of hydrogen-bond acceptors (Lipinski definition) is 5. The van der Waals surface area contributed by atoms with Crippen LogP contribution in [0.2, 0.25) is 0 Å². The van der Waals surface area contributed by atoms with Crippen LogP contribution in [0.1, 0.15) is 51.8 Å². The molecule has 0 aliphatic carbocycles. The molecule has 30 heavy (non-hydrogen) atoms. The normalized spacial score (nSPS) is 22.1.